The van der Waals surface area contributed by atoms with E-state index in [0.29, 0.717) is 52.7 Å². The van der Waals surface area contributed by atoms with Crippen molar-refractivity contribution in [2.45, 2.75) is 43.7 Å². The summed E-state index contributed by atoms with van der Waals surface area (Å²) in [4.78, 5) is 50.9. The smallest absolute Gasteiger partial charge is 0.382 e. The minimum absolute atomic E-state index is 0.0426. The Morgan fingerprint density at radius 1 is 0.976 bits per heavy atom. The second kappa shape index (κ2) is 10.5. The number of fused-ring (bicyclic) bond motifs is 1. The van der Waals surface area contributed by atoms with Crippen LogP contribution in [-0.4, -0.2) is 61.1 Å². The summed E-state index contributed by atoms with van der Waals surface area (Å²) in [6, 6.07) is 10.6. The number of carbonyl (C=O) groups excluding carboxylic acids is 3. The summed E-state index contributed by atoms with van der Waals surface area (Å²) in [6.45, 7) is -0.0581. The van der Waals surface area contributed by atoms with Crippen molar-refractivity contribution in [3.63, 3.8) is 0 Å². The number of alkyl halides is 3. The number of nitrogen functional groups attached to an aromatic ring is 1. The number of nitrogens with two attached hydrogens (primary N) is 1. The van der Waals surface area contributed by atoms with E-state index in [0.717, 1.165) is 23.3 Å². The van der Waals surface area contributed by atoms with Gasteiger partial charge in [0, 0.05) is 48.7 Å². The van der Waals surface area contributed by atoms with Gasteiger partial charge in [-0.3, -0.25) is 18.8 Å². The highest BCUT2D eigenvalue weighted by molar-refractivity contribution is 6.38. The molecule has 4 heterocycles. The Morgan fingerprint density at radius 2 is 1.74 bits per heavy atom. The fourth-order valence-electron chi connectivity index (χ4n) is 5.37. The molecule has 3 aromatic heterocycles. The lowest BCUT2D eigenvalue weighted by Crippen LogP contribution is -2.47. The summed E-state index contributed by atoms with van der Waals surface area (Å²) < 4.78 is 40.4. The van der Waals surface area contributed by atoms with Gasteiger partial charge in [-0.2, -0.15) is 13.2 Å². The number of amides is 2. The summed E-state index contributed by atoms with van der Waals surface area (Å²) in [5.41, 5.74) is 9.38. The number of aromatic nitrogens is 4. The molecule has 10 nitrogen and oxygen atoms in total. The standard InChI is InChI=1S/C29H26F3N7O3/c30-29(31,32)24(40)28(42)38-12-1-2-20(15-38)26-37-22(23-25(33)35-11-13-39(23)26)17-5-7-18(8-6-17)27(41)36-21-14-19(9-10-34-21)16-3-4-16/h5-11,13-14,16,20H,1-4,12,15H2,(H2,33,35)(H,34,36,41)/t20-/m1/s1. The molecule has 0 radical (unpaired) electrons. The fraction of sp³-hybridized carbons (Fsp3) is 0.310. The lowest BCUT2D eigenvalue weighted by molar-refractivity contribution is -0.178. The predicted octanol–water partition coefficient (Wildman–Crippen LogP) is 4.34. The lowest BCUT2D eigenvalue weighted by Gasteiger charge is -2.31. The van der Waals surface area contributed by atoms with Crippen LogP contribution in [0.1, 0.15) is 59.3 Å². The highest BCUT2D eigenvalue weighted by atomic mass is 19.4. The third-order valence-electron chi connectivity index (χ3n) is 7.63. The highest BCUT2D eigenvalue weighted by Crippen LogP contribution is 2.40. The molecule has 6 rings (SSSR count). The summed E-state index contributed by atoms with van der Waals surface area (Å²) in [5.74, 6) is -3.05. The molecule has 0 bridgehead atoms. The van der Waals surface area contributed by atoms with Crippen molar-refractivity contribution in [3.8, 4) is 11.3 Å². The number of ketones is 1. The van der Waals surface area contributed by atoms with E-state index < -0.39 is 23.8 Å². The molecule has 1 aliphatic heterocycles. The van der Waals surface area contributed by atoms with Gasteiger partial charge in [-0.05, 0) is 61.4 Å². The Bertz CT molecular complexity index is 1700. The molecule has 3 N–H and O–H groups in total. The molecule has 216 valence electrons. The molecule has 0 unspecified atom stereocenters. The van der Waals surface area contributed by atoms with Gasteiger partial charge in [-0.1, -0.05) is 12.1 Å². The lowest BCUT2D eigenvalue weighted by atomic mass is 9.96. The molecule has 2 aliphatic rings. The van der Waals surface area contributed by atoms with Crippen molar-refractivity contribution in [1.29, 1.82) is 0 Å². The molecule has 2 amide bonds. The third kappa shape index (κ3) is 5.29. The van der Waals surface area contributed by atoms with E-state index in [1.807, 2.05) is 12.1 Å². The van der Waals surface area contributed by atoms with E-state index in [1.54, 1.807) is 41.1 Å². The van der Waals surface area contributed by atoms with Gasteiger partial charge >= 0.3 is 12.0 Å². The van der Waals surface area contributed by atoms with Crippen molar-refractivity contribution in [2.75, 3.05) is 24.1 Å². The minimum atomic E-state index is -5.24. The normalized spacial score (nSPS) is 17.3. The van der Waals surface area contributed by atoms with Gasteiger partial charge in [-0.25, -0.2) is 15.0 Å². The molecule has 0 spiro atoms. The van der Waals surface area contributed by atoms with E-state index in [-0.39, 0.29) is 24.8 Å². The number of pyridine rings is 1. The number of carbonyl (C=O) groups is 3. The molecular formula is C29H26F3N7O3. The van der Waals surface area contributed by atoms with Gasteiger partial charge < -0.3 is 16.0 Å². The molecule has 1 saturated heterocycles. The van der Waals surface area contributed by atoms with E-state index >= 15 is 0 Å². The van der Waals surface area contributed by atoms with Crippen LogP contribution in [0.5, 0.6) is 0 Å². The Kier molecular flexibility index (Phi) is 6.87. The van der Waals surface area contributed by atoms with Crippen LogP contribution in [-0.2, 0) is 9.59 Å². The maximum atomic E-state index is 12.9. The molecule has 1 atom stereocenters. The van der Waals surface area contributed by atoms with Crippen molar-refractivity contribution >= 4 is 34.8 Å². The zero-order valence-corrected chi connectivity index (χ0v) is 22.3. The summed E-state index contributed by atoms with van der Waals surface area (Å²) in [7, 11) is 0. The first-order valence-corrected chi connectivity index (χ1v) is 13.5. The van der Waals surface area contributed by atoms with Crippen LogP contribution in [0.3, 0.4) is 0 Å². The number of benzene rings is 1. The number of anilines is 2. The van der Waals surface area contributed by atoms with Gasteiger partial charge in [0.05, 0.1) is 0 Å². The SMILES string of the molecule is Nc1nccn2c([C@@H]3CCCN(C(=O)C(=O)C(F)(F)F)C3)nc(-c3ccc(C(=O)Nc4cc(C5CC5)ccn4)cc3)c12. The van der Waals surface area contributed by atoms with E-state index in [4.69, 9.17) is 10.7 Å². The number of hydrogen-bond acceptors (Lipinski definition) is 7. The summed E-state index contributed by atoms with van der Waals surface area (Å²) in [6.07, 6.45) is 2.78. The minimum Gasteiger partial charge on any atom is -0.382 e. The zero-order valence-electron chi connectivity index (χ0n) is 22.3. The van der Waals surface area contributed by atoms with Crippen molar-refractivity contribution in [2.24, 2.45) is 0 Å². The molecule has 1 aliphatic carbocycles. The maximum Gasteiger partial charge on any atom is 0.460 e. The first-order chi connectivity index (χ1) is 20.1. The van der Waals surface area contributed by atoms with Crippen LogP contribution < -0.4 is 11.1 Å². The number of nitrogens with zero attached hydrogens (tertiary/aromatic N) is 5. The van der Waals surface area contributed by atoms with Crippen molar-refractivity contribution in [1.82, 2.24) is 24.3 Å². The molecule has 2 fully saturated rings. The number of hydrogen-bond donors (Lipinski definition) is 2. The average Bonchev–Trinajstić information content (AvgIpc) is 3.76. The van der Waals surface area contributed by atoms with Crippen LogP contribution in [0.25, 0.3) is 16.8 Å². The molecule has 1 aromatic carbocycles. The summed E-state index contributed by atoms with van der Waals surface area (Å²) >= 11 is 0. The summed E-state index contributed by atoms with van der Waals surface area (Å²) in [5, 5.41) is 2.83. The Balaban J connectivity index is 1.26. The molecular weight excluding hydrogens is 551 g/mol. The molecule has 1 saturated carbocycles. The van der Waals surface area contributed by atoms with Crippen LogP contribution in [0.2, 0.25) is 0 Å². The quantitative estimate of drug-likeness (QED) is 0.326. The largest absolute Gasteiger partial charge is 0.460 e. The van der Waals surface area contributed by atoms with Crippen LogP contribution >= 0.6 is 0 Å². The van der Waals surface area contributed by atoms with Gasteiger partial charge in [0.1, 0.15) is 28.7 Å². The number of Topliss-reactive ketones (excluding diaryl/α,β-unsaturated/α-hetero) is 1. The van der Waals surface area contributed by atoms with Crippen LogP contribution in [0, 0.1) is 0 Å². The first-order valence-electron chi connectivity index (χ1n) is 13.5. The second-order valence-electron chi connectivity index (χ2n) is 10.5. The fourth-order valence-corrected chi connectivity index (χ4v) is 5.37. The third-order valence-corrected chi connectivity index (χ3v) is 7.63. The van der Waals surface area contributed by atoms with Crippen LogP contribution in [0.4, 0.5) is 24.8 Å². The average molecular weight is 578 g/mol. The number of likely N-dealkylation sites (tertiary alicyclic amines) is 1. The number of rotatable bonds is 6. The topological polar surface area (TPSA) is 136 Å². The first kappa shape index (κ1) is 27.4. The second-order valence-corrected chi connectivity index (χ2v) is 10.5. The van der Waals surface area contributed by atoms with Gasteiger partial charge in [-0.15, -0.1) is 0 Å². The van der Waals surface area contributed by atoms with Crippen molar-refractivity contribution < 1.29 is 27.6 Å². The Hall–Kier alpha value is -4.81. The number of piperidine rings is 1. The number of halogens is 3. The van der Waals surface area contributed by atoms with Gasteiger partial charge in [0.2, 0.25) is 0 Å². The van der Waals surface area contributed by atoms with E-state index in [2.05, 4.69) is 15.3 Å². The van der Waals surface area contributed by atoms with Gasteiger partial charge in [0.25, 0.3) is 11.8 Å². The molecule has 42 heavy (non-hydrogen) atoms. The Morgan fingerprint density at radius 3 is 2.45 bits per heavy atom. The predicted molar refractivity (Wildman–Crippen MR) is 147 cm³/mol. The van der Waals surface area contributed by atoms with Crippen LogP contribution in [0.15, 0.2) is 55.0 Å². The highest BCUT2D eigenvalue weighted by Gasteiger charge is 2.46. The molecule has 4 aromatic rings. The maximum absolute atomic E-state index is 12.9. The zero-order chi connectivity index (χ0) is 29.6. The monoisotopic (exact) mass is 577 g/mol. The van der Waals surface area contributed by atoms with Gasteiger partial charge in [0.15, 0.2) is 0 Å². The molecule has 13 heteroatoms. The van der Waals surface area contributed by atoms with E-state index in [9.17, 15) is 27.6 Å². The number of imidazole rings is 1. The van der Waals surface area contributed by atoms with Crippen molar-refractivity contribution in [3.05, 3.63) is 71.9 Å². The van der Waals surface area contributed by atoms with E-state index in [1.165, 1.54) is 6.20 Å². The Labute approximate surface area is 237 Å². The number of nitrogens with one attached hydrogen (secondary N) is 1.